The van der Waals surface area contributed by atoms with Gasteiger partial charge in [0.25, 0.3) is 6.43 Å². The van der Waals surface area contributed by atoms with Crippen LogP contribution in [0.15, 0.2) is 6.07 Å². The lowest BCUT2D eigenvalue weighted by molar-refractivity contribution is -0.275. The number of hydrogen-bond acceptors (Lipinski definition) is 3. The average Bonchev–Trinajstić information content (AvgIpc) is 2.12. The Hall–Kier alpha value is -1.60. The summed E-state index contributed by atoms with van der Waals surface area (Å²) in [5.41, 5.74) is -0.944. The predicted molar refractivity (Wildman–Crippen MR) is 47.2 cm³/mol. The van der Waals surface area contributed by atoms with Crippen LogP contribution in [0.1, 0.15) is 17.7 Å². The zero-order valence-electron chi connectivity index (χ0n) is 8.81. The predicted octanol–water partition coefficient (Wildman–Crippen LogP) is 3.23. The zero-order valence-corrected chi connectivity index (χ0v) is 8.81. The van der Waals surface area contributed by atoms with Gasteiger partial charge in [-0.1, -0.05) is 0 Å². The first-order chi connectivity index (χ1) is 7.74. The van der Waals surface area contributed by atoms with Crippen molar-refractivity contribution in [2.75, 3.05) is 7.11 Å². The Morgan fingerprint density at radius 2 is 1.88 bits per heavy atom. The molecule has 0 amide bonds. The molecule has 0 aliphatic rings. The lowest BCUT2D eigenvalue weighted by Gasteiger charge is -2.15. The molecule has 0 fully saturated rings. The maximum absolute atomic E-state index is 12.6. The van der Waals surface area contributed by atoms with E-state index in [2.05, 4.69) is 14.5 Å². The first-order valence-corrected chi connectivity index (χ1v) is 4.34. The molecule has 0 unspecified atom stereocenters. The summed E-state index contributed by atoms with van der Waals surface area (Å²) in [5, 5.41) is 0. The van der Waals surface area contributed by atoms with Crippen molar-refractivity contribution in [3.8, 4) is 11.6 Å². The Kier molecular flexibility index (Phi) is 3.74. The molecule has 0 aromatic carbocycles. The number of hydrogen-bond donors (Lipinski definition) is 0. The molecule has 96 valence electrons. The highest BCUT2D eigenvalue weighted by atomic mass is 19.4. The van der Waals surface area contributed by atoms with E-state index >= 15 is 0 Å². The summed E-state index contributed by atoms with van der Waals surface area (Å²) in [4.78, 5) is 3.55. The fourth-order valence-corrected chi connectivity index (χ4v) is 1.19. The maximum Gasteiger partial charge on any atom is 0.573 e. The molecule has 1 rings (SSSR count). The third kappa shape index (κ3) is 3.43. The minimum atomic E-state index is -5.05. The maximum atomic E-state index is 12.6. The van der Waals surface area contributed by atoms with E-state index in [9.17, 15) is 22.0 Å². The van der Waals surface area contributed by atoms with Crippen molar-refractivity contribution in [1.29, 1.82) is 0 Å². The van der Waals surface area contributed by atoms with Crippen LogP contribution in [0.2, 0.25) is 0 Å². The number of pyridine rings is 1. The molecule has 0 aliphatic carbocycles. The summed E-state index contributed by atoms with van der Waals surface area (Å²) in [5.74, 6) is -1.59. The molecule has 0 N–H and O–H groups in total. The third-order valence-electron chi connectivity index (χ3n) is 1.75. The van der Waals surface area contributed by atoms with Gasteiger partial charge in [-0.25, -0.2) is 13.8 Å². The molecule has 1 heterocycles. The Morgan fingerprint density at radius 3 is 2.29 bits per heavy atom. The van der Waals surface area contributed by atoms with Gasteiger partial charge < -0.3 is 9.47 Å². The van der Waals surface area contributed by atoms with E-state index in [1.165, 1.54) is 6.92 Å². The van der Waals surface area contributed by atoms with E-state index in [0.717, 1.165) is 13.2 Å². The Balaban J connectivity index is 3.30. The van der Waals surface area contributed by atoms with Crippen molar-refractivity contribution in [2.24, 2.45) is 0 Å². The lowest BCUT2D eigenvalue weighted by Crippen LogP contribution is -2.19. The number of aryl methyl sites for hydroxylation is 1. The lowest BCUT2D eigenvalue weighted by atomic mass is 10.2. The second kappa shape index (κ2) is 4.72. The van der Waals surface area contributed by atoms with Crippen molar-refractivity contribution >= 4 is 0 Å². The number of aromatic nitrogens is 1. The van der Waals surface area contributed by atoms with Gasteiger partial charge in [0.1, 0.15) is 11.3 Å². The van der Waals surface area contributed by atoms with E-state index in [0.29, 0.717) is 0 Å². The second-order valence-corrected chi connectivity index (χ2v) is 3.03. The number of rotatable bonds is 3. The summed E-state index contributed by atoms with van der Waals surface area (Å²) in [7, 11) is 1.03. The van der Waals surface area contributed by atoms with E-state index in [1.54, 1.807) is 0 Å². The molecule has 0 atom stereocenters. The van der Waals surface area contributed by atoms with Gasteiger partial charge in [-0.05, 0) is 6.92 Å². The highest BCUT2D eigenvalue weighted by Crippen LogP contribution is 2.38. The number of methoxy groups -OCH3 is 1. The van der Waals surface area contributed by atoms with Crippen LogP contribution in [0.4, 0.5) is 22.0 Å². The number of alkyl halides is 5. The van der Waals surface area contributed by atoms with Crippen molar-refractivity contribution in [3.63, 3.8) is 0 Å². The normalized spacial score (nSPS) is 11.8. The SMILES string of the molecule is COc1nc(C)cc(OC(F)(F)F)c1C(F)F. The first-order valence-electron chi connectivity index (χ1n) is 4.34. The molecule has 0 saturated heterocycles. The Labute approximate surface area is 93.2 Å². The molecule has 0 spiro atoms. The van der Waals surface area contributed by atoms with E-state index in [-0.39, 0.29) is 5.69 Å². The van der Waals surface area contributed by atoms with Crippen molar-refractivity contribution in [1.82, 2.24) is 4.98 Å². The standard InChI is InChI=1S/C9H8F5NO2/c1-4-3-5(17-9(12,13)14)6(7(10)11)8(15-4)16-2/h3,7H,1-2H3. The van der Waals surface area contributed by atoms with Gasteiger partial charge in [0.05, 0.1) is 7.11 Å². The van der Waals surface area contributed by atoms with Gasteiger partial charge in [0.15, 0.2) is 0 Å². The first kappa shape index (κ1) is 13.5. The highest BCUT2D eigenvalue weighted by Gasteiger charge is 2.35. The largest absolute Gasteiger partial charge is 0.573 e. The van der Waals surface area contributed by atoms with E-state index < -0.39 is 30.0 Å². The van der Waals surface area contributed by atoms with Crippen LogP contribution in [0.25, 0.3) is 0 Å². The fraction of sp³-hybridized carbons (Fsp3) is 0.444. The van der Waals surface area contributed by atoms with Crippen molar-refractivity contribution < 1.29 is 31.4 Å². The quantitative estimate of drug-likeness (QED) is 0.779. The molecular weight excluding hydrogens is 249 g/mol. The fourth-order valence-electron chi connectivity index (χ4n) is 1.19. The summed E-state index contributed by atoms with van der Waals surface area (Å²) in [6, 6.07) is 0.775. The van der Waals surface area contributed by atoms with Crippen LogP contribution >= 0.6 is 0 Å². The van der Waals surface area contributed by atoms with Gasteiger partial charge in [-0.3, -0.25) is 0 Å². The van der Waals surface area contributed by atoms with E-state index in [4.69, 9.17) is 0 Å². The van der Waals surface area contributed by atoms with Crippen LogP contribution < -0.4 is 9.47 Å². The monoisotopic (exact) mass is 257 g/mol. The Morgan fingerprint density at radius 1 is 1.29 bits per heavy atom. The summed E-state index contributed by atoms with van der Waals surface area (Å²) in [6.45, 7) is 1.33. The van der Waals surface area contributed by atoms with Crippen LogP contribution in [-0.4, -0.2) is 18.5 Å². The van der Waals surface area contributed by atoms with Crippen LogP contribution in [-0.2, 0) is 0 Å². The van der Waals surface area contributed by atoms with Crippen molar-refractivity contribution in [2.45, 2.75) is 19.7 Å². The van der Waals surface area contributed by atoms with Gasteiger partial charge >= 0.3 is 6.36 Å². The molecule has 8 heteroatoms. The van der Waals surface area contributed by atoms with Gasteiger partial charge in [-0.2, -0.15) is 0 Å². The molecule has 0 radical (unpaired) electrons. The molecule has 1 aromatic heterocycles. The zero-order chi connectivity index (χ0) is 13.2. The number of halogens is 5. The highest BCUT2D eigenvalue weighted by molar-refractivity contribution is 5.42. The molecule has 3 nitrogen and oxygen atoms in total. The summed E-state index contributed by atoms with van der Waals surface area (Å²) in [6.07, 6.45) is -8.24. The Bertz CT molecular complexity index is 405. The molecule has 0 bridgehead atoms. The summed E-state index contributed by atoms with van der Waals surface area (Å²) < 4.78 is 69.3. The summed E-state index contributed by atoms with van der Waals surface area (Å²) >= 11 is 0. The van der Waals surface area contributed by atoms with Crippen molar-refractivity contribution in [3.05, 3.63) is 17.3 Å². The van der Waals surface area contributed by atoms with Crippen LogP contribution in [0.3, 0.4) is 0 Å². The number of ether oxygens (including phenoxy) is 2. The van der Waals surface area contributed by atoms with Gasteiger partial charge in [-0.15, -0.1) is 13.2 Å². The second-order valence-electron chi connectivity index (χ2n) is 3.03. The topological polar surface area (TPSA) is 31.4 Å². The van der Waals surface area contributed by atoms with Crippen LogP contribution in [0, 0.1) is 6.92 Å². The molecule has 17 heavy (non-hydrogen) atoms. The van der Waals surface area contributed by atoms with Gasteiger partial charge in [0, 0.05) is 11.8 Å². The number of nitrogens with zero attached hydrogens (tertiary/aromatic N) is 1. The minimum Gasteiger partial charge on any atom is -0.481 e. The van der Waals surface area contributed by atoms with E-state index in [1.807, 2.05) is 0 Å². The minimum absolute atomic E-state index is 0.0745. The molecule has 1 aromatic rings. The molecular formula is C9H8F5NO2. The third-order valence-corrected chi connectivity index (χ3v) is 1.75. The average molecular weight is 257 g/mol. The molecule has 0 aliphatic heterocycles. The van der Waals surface area contributed by atoms with Crippen LogP contribution in [0.5, 0.6) is 11.6 Å². The smallest absolute Gasteiger partial charge is 0.481 e. The molecule has 0 saturated carbocycles. The van der Waals surface area contributed by atoms with Gasteiger partial charge in [0.2, 0.25) is 5.88 Å².